The van der Waals surface area contributed by atoms with Gasteiger partial charge in [0.2, 0.25) is 0 Å². The molecule has 0 N–H and O–H groups in total. The van der Waals surface area contributed by atoms with Gasteiger partial charge in [0.15, 0.2) is 0 Å². The summed E-state index contributed by atoms with van der Waals surface area (Å²) in [6.07, 6.45) is 6.36. The molecule has 0 spiro atoms. The molecule has 3 rings (SSSR count). The summed E-state index contributed by atoms with van der Waals surface area (Å²) in [5.41, 5.74) is 1.56. The molecule has 1 aromatic carbocycles. The second kappa shape index (κ2) is 6.09. The Hall–Kier alpha value is -2.82. The van der Waals surface area contributed by atoms with Crippen LogP contribution in [0, 0.1) is 0 Å². The van der Waals surface area contributed by atoms with E-state index in [0.717, 1.165) is 5.56 Å². The highest BCUT2D eigenvalue weighted by Crippen LogP contribution is 2.08. The van der Waals surface area contributed by atoms with Gasteiger partial charge in [0, 0.05) is 18.9 Å². The van der Waals surface area contributed by atoms with Gasteiger partial charge < -0.3 is 13.7 Å². The summed E-state index contributed by atoms with van der Waals surface area (Å²) in [4.78, 5) is 16.0. The Labute approximate surface area is 121 Å². The van der Waals surface area contributed by atoms with Crippen LogP contribution in [0.2, 0.25) is 0 Å². The summed E-state index contributed by atoms with van der Waals surface area (Å²) in [7, 11) is 0. The molecule has 0 radical (unpaired) electrons. The molecule has 0 atom stereocenters. The predicted molar refractivity (Wildman–Crippen MR) is 75.6 cm³/mol. The molecule has 2 aromatic heterocycles. The van der Waals surface area contributed by atoms with Crippen LogP contribution in [0.15, 0.2) is 65.7 Å². The molecule has 21 heavy (non-hydrogen) atoms. The van der Waals surface area contributed by atoms with Crippen molar-refractivity contribution in [3.63, 3.8) is 0 Å². The van der Waals surface area contributed by atoms with Gasteiger partial charge in [-0.1, -0.05) is 30.3 Å². The number of hydrogen-bond acceptors (Lipinski definition) is 4. The smallest absolute Gasteiger partial charge is 0.341 e. The van der Waals surface area contributed by atoms with E-state index in [1.165, 1.54) is 12.5 Å². The molecule has 0 aliphatic carbocycles. The lowest BCUT2D eigenvalue weighted by molar-refractivity contribution is 0.0457. The van der Waals surface area contributed by atoms with Gasteiger partial charge in [-0.3, -0.25) is 0 Å². The van der Waals surface area contributed by atoms with E-state index in [-0.39, 0.29) is 6.61 Å². The fourth-order valence-electron chi connectivity index (χ4n) is 2.00. The molecule has 0 saturated carbocycles. The van der Waals surface area contributed by atoms with Crippen LogP contribution in [0.4, 0.5) is 0 Å². The number of ether oxygens (including phenoxy) is 1. The lowest BCUT2D eigenvalue weighted by Crippen LogP contribution is -2.10. The quantitative estimate of drug-likeness (QED) is 0.675. The SMILES string of the molecule is O=C(OCc1nccn1Cc1ccccc1)c1ccoc1. The van der Waals surface area contributed by atoms with Gasteiger partial charge in [0.25, 0.3) is 0 Å². The minimum absolute atomic E-state index is 0.129. The Morgan fingerprint density at radius 1 is 1.24 bits per heavy atom. The van der Waals surface area contributed by atoms with Crippen molar-refractivity contribution in [1.29, 1.82) is 0 Å². The van der Waals surface area contributed by atoms with E-state index in [4.69, 9.17) is 9.15 Å². The van der Waals surface area contributed by atoms with Crippen molar-refractivity contribution >= 4 is 5.97 Å². The first kappa shape index (κ1) is 13.2. The zero-order valence-corrected chi connectivity index (χ0v) is 11.3. The highest BCUT2D eigenvalue weighted by atomic mass is 16.5. The van der Waals surface area contributed by atoms with Gasteiger partial charge in [-0.05, 0) is 11.6 Å². The fourth-order valence-corrected chi connectivity index (χ4v) is 2.00. The fraction of sp³-hybridized carbons (Fsp3) is 0.125. The molecule has 0 bridgehead atoms. The monoisotopic (exact) mass is 282 g/mol. The molecule has 0 amide bonds. The number of rotatable bonds is 5. The number of imidazole rings is 1. The van der Waals surface area contributed by atoms with Crippen LogP contribution >= 0.6 is 0 Å². The van der Waals surface area contributed by atoms with E-state index in [1.54, 1.807) is 12.3 Å². The maximum absolute atomic E-state index is 11.8. The maximum Gasteiger partial charge on any atom is 0.341 e. The Balaban J connectivity index is 1.64. The van der Waals surface area contributed by atoms with Crippen LogP contribution in [0.3, 0.4) is 0 Å². The summed E-state index contributed by atoms with van der Waals surface area (Å²) in [6.45, 7) is 0.823. The molecule has 0 aliphatic rings. The van der Waals surface area contributed by atoms with Crippen LogP contribution in [0.25, 0.3) is 0 Å². The lowest BCUT2D eigenvalue weighted by atomic mass is 10.2. The first-order chi connectivity index (χ1) is 10.3. The lowest BCUT2D eigenvalue weighted by Gasteiger charge is -2.08. The number of esters is 1. The van der Waals surface area contributed by atoms with Crippen molar-refractivity contribution in [3.05, 3.63) is 78.3 Å². The van der Waals surface area contributed by atoms with Gasteiger partial charge >= 0.3 is 5.97 Å². The van der Waals surface area contributed by atoms with E-state index in [0.29, 0.717) is 17.9 Å². The molecule has 2 heterocycles. The van der Waals surface area contributed by atoms with E-state index in [1.807, 2.05) is 41.1 Å². The summed E-state index contributed by atoms with van der Waals surface area (Å²) in [5.74, 6) is 0.286. The molecule has 5 nitrogen and oxygen atoms in total. The summed E-state index contributed by atoms with van der Waals surface area (Å²) in [5, 5.41) is 0. The average molecular weight is 282 g/mol. The van der Waals surface area contributed by atoms with Crippen molar-refractivity contribution in [3.8, 4) is 0 Å². The molecular formula is C16H14N2O3. The molecule has 0 saturated heterocycles. The van der Waals surface area contributed by atoms with Gasteiger partial charge in [0.05, 0.1) is 11.8 Å². The van der Waals surface area contributed by atoms with Crippen LogP contribution in [-0.4, -0.2) is 15.5 Å². The zero-order valence-electron chi connectivity index (χ0n) is 11.3. The second-order valence-electron chi connectivity index (χ2n) is 4.55. The molecule has 0 aliphatic heterocycles. The summed E-state index contributed by atoms with van der Waals surface area (Å²) < 4.78 is 12.0. The second-order valence-corrected chi connectivity index (χ2v) is 4.55. The summed E-state index contributed by atoms with van der Waals surface area (Å²) in [6, 6.07) is 11.6. The molecule has 0 unspecified atom stereocenters. The number of carbonyl (C=O) groups is 1. The van der Waals surface area contributed by atoms with E-state index >= 15 is 0 Å². The van der Waals surface area contributed by atoms with E-state index in [2.05, 4.69) is 4.98 Å². The van der Waals surface area contributed by atoms with Crippen LogP contribution < -0.4 is 0 Å². The average Bonchev–Trinajstić information content (AvgIpc) is 3.18. The highest BCUT2D eigenvalue weighted by molar-refractivity contribution is 5.88. The number of furan rings is 1. The van der Waals surface area contributed by atoms with E-state index in [9.17, 15) is 4.79 Å². The van der Waals surface area contributed by atoms with Crippen LogP contribution in [0.5, 0.6) is 0 Å². The Bertz CT molecular complexity index is 702. The largest absolute Gasteiger partial charge is 0.472 e. The van der Waals surface area contributed by atoms with Gasteiger partial charge in [-0.2, -0.15) is 0 Å². The number of carbonyl (C=O) groups excluding carboxylic acids is 1. The molecule has 106 valence electrons. The standard InChI is InChI=1S/C16H14N2O3/c19-16(14-6-9-20-11-14)21-12-15-17-7-8-18(15)10-13-4-2-1-3-5-13/h1-9,11H,10,12H2. The Kier molecular flexibility index (Phi) is 3.82. The van der Waals surface area contributed by atoms with Crippen molar-refractivity contribution in [2.24, 2.45) is 0 Å². The molecular weight excluding hydrogens is 268 g/mol. The zero-order chi connectivity index (χ0) is 14.5. The highest BCUT2D eigenvalue weighted by Gasteiger charge is 2.11. The first-order valence-corrected chi connectivity index (χ1v) is 6.56. The third-order valence-corrected chi connectivity index (χ3v) is 3.09. The third-order valence-electron chi connectivity index (χ3n) is 3.09. The van der Waals surface area contributed by atoms with Crippen molar-refractivity contribution < 1.29 is 13.9 Å². The van der Waals surface area contributed by atoms with Gasteiger partial charge in [0.1, 0.15) is 18.7 Å². The van der Waals surface area contributed by atoms with Crippen LogP contribution in [0.1, 0.15) is 21.7 Å². The van der Waals surface area contributed by atoms with Crippen molar-refractivity contribution in [2.45, 2.75) is 13.2 Å². The number of aromatic nitrogens is 2. The summed E-state index contributed by atoms with van der Waals surface area (Å²) >= 11 is 0. The topological polar surface area (TPSA) is 57.3 Å². The Morgan fingerprint density at radius 2 is 2.10 bits per heavy atom. The van der Waals surface area contributed by atoms with Gasteiger partial charge in [-0.15, -0.1) is 0 Å². The molecule has 3 aromatic rings. The first-order valence-electron chi connectivity index (χ1n) is 6.56. The number of hydrogen-bond donors (Lipinski definition) is 0. The van der Waals surface area contributed by atoms with Crippen molar-refractivity contribution in [1.82, 2.24) is 9.55 Å². The van der Waals surface area contributed by atoms with Crippen LogP contribution in [-0.2, 0) is 17.9 Å². The third kappa shape index (κ3) is 3.20. The van der Waals surface area contributed by atoms with Crippen molar-refractivity contribution in [2.75, 3.05) is 0 Å². The minimum Gasteiger partial charge on any atom is -0.472 e. The minimum atomic E-state index is -0.419. The molecule has 0 fully saturated rings. The predicted octanol–water partition coefficient (Wildman–Crippen LogP) is 2.88. The van der Waals surface area contributed by atoms with E-state index < -0.39 is 5.97 Å². The number of nitrogens with zero attached hydrogens (tertiary/aromatic N) is 2. The maximum atomic E-state index is 11.8. The number of benzene rings is 1. The van der Waals surface area contributed by atoms with Gasteiger partial charge in [-0.25, -0.2) is 9.78 Å². The Morgan fingerprint density at radius 3 is 2.86 bits per heavy atom. The normalized spacial score (nSPS) is 10.5. The molecule has 5 heteroatoms.